The molecule has 0 fully saturated rings. The Hall–Kier alpha value is -2.71. The van der Waals surface area contributed by atoms with E-state index in [4.69, 9.17) is 5.26 Å². The molecule has 0 amide bonds. The van der Waals surface area contributed by atoms with E-state index in [0.717, 1.165) is 35.0 Å². The van der Waals surface area contributed by atoms with E-state index in [1.807, 2.05) is 13.0 Å². The third-order valence-corrected chi connectivity index (χ3v) is 4.25. The molecule has 23 heavy (non-hydrogen) atoms. The number of pyridine rings is 1. The summed E-state index contributed by atoms with van der Waals surface area (Å²) in [6.45, 7) is 2.82. The van der Waals surface area contributed by atoms with Gasteiger partial charge in [0, 0.05) is 23.7 Å². The summed E-state index contributed by atoms with van der Waals surface area (Å²) >= 11 is 1.67. The lowest BCUT2D eigenvalue weighted by Gasteiger charge is -2.06. The van der Waals surface area contributed by atoms with Gasteiger partial charge in [-0.15, -0.1) is 11.3 Å². The van der Waals surface area contributed by atoms with Crippen molar-refractivity contribution in [3.05, 3.63) is 64.1 Å². The third-order valence-electron chi connectivity index (χ3n) is 3.48. The Bertz CT molecular complexity index is 813. The van der Waals surface area contributed by atoms with Gasteiger partial charge in [-0.3, -0.25) is 0 Å². The fraction of sp³-hybridized carbons (Fsp3) is 0.167. The van der Waals surface area contributed by atoms with Gasteiger partial charge in [-0.05, 0) is 31.0 Å². The Morgan fingerprint density at radius 1 is 1.17 bits per heavy atom. The number of rotatable bonds is 5. The fourth-order valence-corrected chi connectivity index (χ4v) is 2.86. The van der Waals surface area contributed by atoms with Crippen molar-refractivity contribution >= 4 is 17.2 Å². The minimum atomic E-state index is 0.573. The predicted octanol–water partition coefficient (Wildman–Crippen LogP) is 4.04. The van der Waals surface area contributed by atoms with E-state index in [-0.39, 0.29) is 0 Å². The van der Waals surface area contributed by atoms with Crippen LogP contribution in [0.5, 0.6) is 0 Å². The summed E-state index contributed by atoms with van der Waals surface area (Å²) in [5.41, 5.74) is 4.03. The topological polar surface area (TPSA) is 61.6 Å². The van der Waals surface area contributed by atoms with Crippen molar-refractivity contribution in [2.75, 3.05) is 11.9 Å². The van der Waals surface area contributed by atoms with Gasteiger partial charge in [-0.1, -0.05) is 24.3 Å². The van der Waals surface area contributed by atoms with E-state index in [9.17, 15) is 0 Å². The lowest BCUT2D eigenvalue weighted by atomic mass is 10.1. The van der Waals surface area contributed by atoms with Gasteiger partial charge in [-0.2, -0.15) is 5.26 Å². The average molecular weight is 320 g/mol. The maximum atomic E-state index is 8.75. The Morgan fingerprint density at radius 3 is 2.61 bits per heavy atom. The lowest BCUT2D eigenvalue weighted by Crippen LogP contribution is -2.06. The van der Waals surface area contributed by atoms with Crippen LogP contribution in [0.1, 0.15) is 16.1 Å². The first kappa shape index (κ1) is 15.2. The highest BCUT2D eigenvalue weighted by atomic mass is 32.1. The van der Waals surface area contributed by atoms with Crippen LogP contribution in [0.3, 0.4) is 0 Å². The molecule has 0 saturated carbocycles. The van der Waals surface area contributed by atoms with Crippen molar-refractivity contribution in [3.8, 4) is 17.3 Å². The smallest absolute Gasteiger partial charge is 0.125 e. The number of nitrogens with zero attached hydrogens (tertiary/aromatic N) is 3. The van der Waals surface area contributed by atoms with Crippen LogP contribution >= 0.6 is 11.3 Å². The number of hydrogen-bond donors (Lipinski definition) is 1. The molecule has 0 aliphatic rings. The van der Waals surface area contributed by atoms with Gasteiger partial charge in [0.2, 0.25) is 0 Å². The van der Waals surface area contributed by atoms with E-state index in [1.54, 1.807) is 23.6 Å². The van der Waals surface area contributed by atoms with Crippen molar-refractivity contribution in [2.24, 2.45) is 0 Å². The van der Waals surface area contributed by atoms with Gasteiger partial charge in [0.15, 0.2) is 0 Å². The van der Waals surface area contributed by atoms with Crippen molar-refractivity contribution in [1.29, 1.82) is 5.26 Å². The number of aryl methyl sites for hydroxylation is 1. The fourth-order valence-electron chi connectivity index (χ4n) is 2.24. The van der Waals surface area contributed by atoms with Gasteiger partial charge >= 0.3 is 0 Å². The largest absolute Gasteiger partial charge is 0.370 e. The molecule has 0 aliphatic carbocycles. The van der Waals surface area contributed by atoms with Crippen molar-refractivity contribution in [2.45, 2.75) is 13.3 Å². The van der Waals surface area contributed by atoms with Crippen molar-refractivity contribution in [3.63, 3.8) is 0 Å². The molecule has 0 radical (unpaired) electrons. The van der Waals surface area contributed by atoms with Gasteiger partial charge in [0.25, 0.3) is 0 Å². The summed E-state index contributed by atoms with van der Waals surface area (Å²) in [7, 11) is 0. The summed E-state index contributed by atoms with van der Waals surface area (Å²) in [6, 6.07) is 14.2. The predicted molar refractivity (Wildman–Crippen MR) is 93.4 cm³/mol. The van der Waals surface area contributed by atoms with E-state index >= 15 is 0 Å². The van der Waals surface area contributed by atoms with Gasteiger partial charge in [0.05, 0.1) is 16.3 Å². The van der Waals surface area contributed by atoms with E-state index in [1.165, 1.54) is 5.56 Å². The van der Waals surface area contributed by atoms with Crippen molar-refractivity contribution < 1.29 is 0 Å². The highest BCUT2D eigenvalue weighted by Gasteiger charge is 2.02. The molecule has 5 heteroatoms. The zero-order chi connectivity index (χ0) is 16.1. The van der Waals surface area contributed by atoms with Crippen LogP contribution in [0.2, 0.25) is 0 Å². The molecule has 3 aromatic rings. The van der Waals surface area contributed by atoms with E-state index < -0.39 is 0 Å². The molecule has 1 aromatic carbocycles. The zero-order valence-corrected chi connectivity index (χ0v) is 13.6. The normalized spacial score (nSPS) is 10.3. The molecule has 2 heterocycles. The molecule has 0 unspecified atom stereocenters. The first-order chi connectivity index (χ1) is 11.2. The minimum Gasteiger partial charge on any atom is -0.370 e. The standard InChI is InChI=1S/C18H16N4S/c1-13-22-17(12-23-13)16-5-2-14(3-6-16)8-9-20-18-7-4-15(10-19)11-21-18/h2-7,11-12H,8-9H2,1H3,(H,20,21). The van der Waals surface area contributed by atoms with Crippen LogP contribution in [0.4, 0.5) is 5.82 Å². The van der Waals surface area contributed by atoms with Crippen molar-refractivity contribution in [1.82, 2.24) is 9.97 Å². The molecular weight excluding hydrogens is 304 g/mol. The van der Waals surface area contributed by atoms with Crippen LogP contribution < -0.4 is 5.32 Å². The first-order valence-corrected chi connectivity index (χ1v) is 8.24. The minimum absolute atomic E-state index is 0.573. The molecule has 0 aliphatic heterocycles. The number of benzene rings is 1. The summed E-state index contributed by atoms with van der Waals surface area (Å²) in [5, 5.41) is 15.2. The summed E-state index contributed by atoms with van der Waals surface area (Å²) < 4.78 is 0. The molecule has 4 nitrogen and oxygen atoms in total. The second-order valence-electron chi connectivity index (χ2n) is 5.17. The number of hydrogen-bond acceptors (Lipinski definition) is 5. The van der Waals surface area contributed by atoms with Gasteiger partial charge in [0.1, 0.15) is 11.9 Å². The van der Waals surface area contributed by atoms with Gasteiger partial charge in [-0.25, -0.2) is 9.97 Å². The summed E-state index contributed by atoms with van der Waals surface area (Å²) in [4.78, 5) is 8.70. The highest BCUT2D eigenvalue weighted by Crippen LogP contribution is 2.21. The monoisotopic (exact) mass is 320 g/mol. The number of nitriles is 1. The number of aromatic nitrogens is 2. The van der Waals surface area contributed by atoms with Crippen LogP contribution in [0.15, 0.2) is 48.0 Å². The maximum Gasteiger partial charge on any atom is 0.125 e. The van der Waals surface area contributed by atoms with Crippen LogP contribution in [-0.2, 0) is 6.42 Å². The zero-order valence-electron chi connectivity index (χ0n) is 12.8. The first-order valence-electron chi connectivity index (χ1n) is 7.36. The second-order valence-corrected chi connectivity index (χ2v) is 6.23. The molecule has 0 atom stereocenters. The number of thiazole rings is 1. The molecule has 114 valence electrons. The Balaban J connectivity index is 1.55. The van der Waals surface area contributed by atoms with E-state index in [2.05, 4.69) is 51.0 Å². The third kappa shape index (κ3) is 3.93. The summed E-state index contributed by atoms with van der Waals surface area (Å²) in [5.74, 6) is 0.790. The second kappa shape index (κ2) is 7.03. The highest BCUT2D eigenvalue weighted by molar-refractivity contribution is 7.09. The Labute approximate surface area is 139 Å². The molecular formula is C18H16N4S. The number of nitrogens with one attached hydrogen (secondary N) is 1. The molecule has 3 rings (SSSR count). The summed E-state index contributed by atoms with van der Waals surface area (Å²) in [6.07, 6.45) is 2.49. The average Bonchev–Trinajstić information content (AvgIpc) is 3.03. The molecule has 0 saturated heterocycles. The maximum absolute atomic E-state index is 8.75. The molecule has 1 N–H and O–H groups in total. The van der Waals surface area contributed by atoms with Crippen LogP contribution in [0, 0.1) is 18.3 Å². The lowest BCUT2D eigenvalue weighted by molar-refractivity contribution is 1.01. The van der Waals surface area contributed by atoms with Gasteiger partial charge < -0.3 is 5.32 Å². The molecule has 2 aromatic heterocycles. The number of anilines is 1. The van der Waals surface area contributed by atoms with Crippen LogP contribution in [0.25, 0.3) is 11.3 Å². The Kier molecular flexibility index (Phi) is 4.65. The van der Waals surface area contributed by atoms with E-state index in [0.29, 0.717) is 5.56 Å². The molecule has 0 spiro atoms. The Morgan fingerprint density at radius 2 is 2.00 bits per heavy atom. The quantitative estimate of drug-likeness (QED) is 0.770. The van der Waals surface area contributed by atoms with Crippen LogP contribution in [-0.4, -0.2) is 16.5 Å². The SMILES string of the molecule is Cc1nc(-c2ccc(CCNc3ccc(C#N)cn3)cc2)cs1. The molecule has 0 bridgehead atoms.